The zero-order valence-electron chi connectivity index (χ0n) is 13.1. The number of nitriles is 1. The van der Waals surface area contributed by atoms with Gasteiger partial charge >= 0.3 is 0 Å². The van der Waals surface area contributed by atoms with Gasteiger partial charge in [0.2, 0.25) is 11.5 Å². The first-order valence-electron chi connectivity index (χ1n) is 7.53. The van der Waals surface area contributed by atoms with E-state index in [0.29, 0.717) is 27.1 Å². The summed E-state index contributed by atoms with van der Waals surface area (Å²) < 4.78 is 1.36. The molecule has 9 heteroatoms. The van der Waals surface area contributed by atoms with Crippen LogP contribution in [0.3, 0.4) is 0 Å². The van der Waals surface area contributed by atoms with Crippen LogP contribution in [-0.4, -0.2) is 25.5 Å². The monoisotopic (exact) mass is 363 g/mol. The maximum atomic E-state index is 12.3. The standard InChI is InChI=1S/C17H10ClN7O/c18-10-5-7-11(8-6-10)20-21-14(9-19)16-23-22-15-12-3-1-2-4-13(12)17(26)24-25(15)16/h1-8,20H,(H,24,26)/b21-14-. The minimum absolute atomic E-state index is 0.0293. The van der Waals surface area contributed by atoms with Crippen molar-refractivity contribution in [2.45, 2.75) is 0 Å². The molecule has 0 aliphatic heterocycles. The van der Waals surface area contributed by atoms with Crippen molar-refractivity contribution >= 4 is 39.4 Å². The molecule has 2 aromatic heterocycles. The first-order valence-corrected chi connectivity index (χ1v) is 7.91. The van der Waals surface area contributed by atoms with Crippen LogP contribution in [0.5, 0.6) is 0 Å². The Kier molecular flexibility index (Phi) is 3.84. The fourth-order valence-electron chi connectivity index (χ4n) is 2.53. The summed E-state index contributed by atoms with van der Waals surface area (Å²) in [5, 5.41) is 26.0. The van der Waals surface area contributed by atoms with Gasteiger partial charge in [-0.05, 0) is 30.3 Å². The molecule has 0 fully saturated rings. The summed E-state index contributed by atoms with van der Waals surface area (Å²) >= 11 is 5.84. The van der Waals surface area contributed by atoms with Crippen LogP contribution < -0.4 is 11.0 Å². The normalized spacial score (nSPS) is 11.6. The van der Waals surface area contributed by atoms with Gasteiger partial charge in [-0.1, -0.05) is 29.8 Å². The average Bonchev–Trinajstić information content (AvgIpc) is 3.08. The molecule has 4 aromatic rings. The van der Waals surface area contributed by atoms with E-state index in [-0.39, 0.29) is 17.1 Å². The number of benzene rings is 2. The molecular weight excluding hydrogens is 354 g/mol. The molecule has 0 unspecified atom stereocenters. The lowest BCUT2D eigenvalue weighted by Crippen LogP contribution is -2.16. The average molecular weight is 364 g/mol. The van der Waals surface area contributed by atoms with Crippen molar-refractivity contribution in [1.82, 2.24) is 19.8 Å². The summed E-state index contributed by atoms with van der Waals surface area (Å²) in [7, 11) is 0. The SMILES string of the molecule is N#C/C(=N/Nc1ccc(Cl)cc1)c1nnc2c3ccccc3c(=O)[nH]n12. The maximum Gasteiger partial charge on any atom is 0.270 e. The van der Waals surface area contributed by atoms with E-state index in [4.69, 9.17) is 11.6 Å². The van der Waals surface area contributed by atoms with Gasteiger partial charge in [-0.15, -0.1) is 10.2 Å². The second-order valence-electron chi connectivity index (χ2n) is 5.36. The first-order chi connectivity index (χ1) is 12.7. The Labute approximate surface area is 151 Å². The van der Waals surface area contributed by atoms with Crippen LogP contribution in [0.15, 0.2) is 58.4 Å². The molecule has 126 valence electrons. The Morgan fingerprint density at radius 1 is 1.15 bits per heavy atom. The van der Waals surface area contributed by atoms with Crippen molar-refractivity contribution in [2.24, 2.45) is 5.10 Å². The predicted octanol–water partition coefficient (Wildman–Crippen LogP) is 2.56. The van der Waals surface area contributed by atoms with Crippen LogP contribution in [0.2, 0.25) is 5.02 Å². The van der Waals surface area contributed by atoms with Gasteiger partial charge in [-0.3, -0.25) is 15.3 Å². The molecule has 4 rings (SSSR count). The predicted molar refractivity (Wildman–Crippen MR) is 98.3 cm³/mol. The topological polar surface area (TPSA) is 111 Å². The highest BCUT2D eigenvalue weighted by Gasteiger charge is 2.16. The number of nitrogens with zero attached hydrogens (tertiary/aromatic N) is 5. The van der Waals surface area contributed by atoms with Gasteiger partial charge in [0.25, 0.3) is 5.56 Å². The lowest BCUT2D eigenvalue weighted by atomic mass is 10.2. The third-order valence-corrected chi connectivity index (χ3v) is 4.00. The molecule has 0 atom stereocenters. The fraction of sp³-hybridized carbons (Fsp3) is 0. The van der Waals surface area contributed by atoms with E-state index in [1.165, 1.54) is 4.52 Å². The molecule has 0 spiro atoms. The molecule has 2 aromatic carbocycles. The second-order valence-corrected chi connectivity index (χ2v) is 5.80. The minimum atomic E-state index is -0.308. The van der Waals surface area contributed by atoms with Crippen LogP contribution >= 0.6 is 11.6 Å². The lowest BCUT2D eigenvalue weighted by molar-refractivity contribution is 0.896. The molecular formula is C17H10ClN7O. The number of anilines is 1. The number of halogens is 1. The lowest BCUT2D eigenvalue weighted by Gasteiger charge is -2.02. The Hall–Kier alpha value is -3.70. The first kappa shape index (κ1) is 15.8. The molecule has 0 aliphatic carbocycles. The zero-order valence-corrected chi connectivity index (χ0v) is 13.9. The highest BCUT2D eigenvalue weighted by Crippen LogP contribution is 2.16. The number of hydrogen-bond acceptors (Lipinski definition) is 6. The Balaban J connectivity index is 1.82. The number of hydrogen-bond donors (Lipinski definition) is 2. The molecule has 26 heavy (non-hydrogen) atoms. The van der Waals surface area contributed by atoms with Crippen molar-refractivity contribution in [2.75, 3.05) is 5.43 Å². The molecule has 2 heterocycles. The van der Waals surface area contributed by atoms with Gasteiger partial charge in [-0.2, -0.15) is 10.4 Å². The Morgan fingerprint density at radius 2 is 1.88 bits per heavy atom. The largest absolute Gasteiger partial charge is 0.277 e. The van der Waals surface area contributed by atoms with Gasteiger partial charge in [0.05, 0.1) is 11.1 Å². The van der Waals surface area contributed by atoms with Crippen molar-refractivity contribution in [1.29, 1.82) is 5.26 Å². The van der Waals surface area contributed by atoms with E-state index >= 15 is 0 Å². The second kappa shape index (κ2) is 6.31. The Morgan fingerprint density at radius 3 is 2.62 bits per heavy atom. The van der Waals surface area contributed by atoms with Gasteiger partial charge in [0.1, 0.15) is 6.07 Å². The zero-order chi connectivity index (χ0) is 18.1. The van der Waals surface area contributed by atoms with Crippen LogP contribution in [-0.2, 0) is 0 Å². The van der Waals surface area contributed by atoms with Gasteiger partial charge < -0.3 is 0 Å². The highest BCUT2D eigenvalue weighted by molar-refractivity contribution is 6.30. The van der Waals surface area contributed by atoms with Gasteiger partial charge in [-0.25, -0.2) is 4.52 Å². The van der Waals surface area contributed by atoms with E-state index in [2.05, 4.69) is 25.8 Å². The number of nitrogens with one attached hydrogen (secondary N) is 2. The number of aromatic amines is 1. The maximum absolute atomic E-state index is 12.3. The van der Waals surface area contributed by atoms with Crippen molar-refractivity contribution in [3.63, 3.8) is 0 Å². The van der Waals surface area contributed by atoms with E-state index in [0.717, 1.165) is 0 Å². The van der Waals surface area contributed by atoms with E-state index in [9.17, 15) is 10.1 Å². The third kappa shape index (κ3) is 2.66. The summed E-state index contributed by atoms with van der Waals surface area (Å²) in [6.45, 7) is 0. The molecule has 2 N–H and O–H groups in total. The molecule has 0 saturated carbocycles. The van der Waals surface area contributed by atoms with E-state index in [1.807, 2.05) is 6.07 Å². The summed E-state index contributed by atoms with van der Waals surface area (Å²) in [4.78, 5) is 12.3. The van der Waals surface area contributed by atoms with Crippen LogP contribution in [0.4, 0.5) is 5.69 Å². The summed E-state index contributed by atoms with van der Waals surface area (Å²) in [6, 6.07) is 15.8. The molecule has 0 saturated heterocycles. The van der Waals surface area contributed by atoms with Crippen molar-refractivity contribution < 1.29 is 0 Å². The number of H-pyrrole nitrogens is 1. The summed E-state index contributed by atoms with van der Waals surface area (Å²) in [5.74, 6) is 0.131. The minimum Gasteiger partial charge on any atom is -0.277 e. The van der Waals surface area contributed by atoms with Gasteiger partial charge in [0.15, 0.2) is 5.65 Å². The fourth-order valence-corrected chi connectivity index (χ4v) is 2.65. The molecule has 0 aliphatic rings. The van der Waals surface area contributed by atoms with Crippen LogP contribution in [0, 0.1) is 11.3 Å². The summed E-state index contributed by atoms with van der Waals surface area (Å²) in [5.41, 5.74) is 3.51. The smallest absolute Gasteiger partial charge is 0.270 e. The van der Waals surface area contributed by atoms with Crippen molar-refractivity contribution in [3.05, 3.63) is 69.7 Å². The number of rotatable bonds is 3. The highest BCUT2D eigenvalue weighted by atomic mass is 35.5. The molecule has 0 amide bonds. The quantitative estimate of drug-likeness (QED) is 0.429. The number of fused-ring (bicyclic) bond motifs is 3. The van der Waals surface area contributed by atoms with E-state index < -0.39 is 0 Å². The van der Waals surface area contributed by atoms with Gasteiger partial charge in [0, 0.05) is 10.4 Å². The molecule has 0 bridgehead atoms. The van der Waals surface area contributed by atoms with Crippen LogP contribution in [0.1, 0.15) is 5.82 Å². The van der Waals surface area contributed by atoms with Crippen molar-refractivity contribution in [3.8, 4) is 6.07 Å². The molecule has 8 nitrogen and oxygen atoms in total. The van der Waals surface area contributed by atoms with E-state index in [1.54, 1.807) is 48.5 Å². The number of hydrazone groups is 1. The summed E-state index contributed by atoms with van der Waals surface area (Å²) in [6.07, 6.45) is 0. The van der Waals surface area contributed by atoms with Crippen LogP contribution in [0.25, 0.3) is 16.4 Å². The third-order valence-electron chi connectivity index (χ3n) is 3.75. The molecule has 0 radical (unpaired) electrons. The Bertz CT molecular complexity index is 1250. The number of aromatic nitrogens is 4.